The number of aryl methyl sites for hydroxylation is 1. The summed E-state index contributed by atoms with van der Waals surface area (Å²) in [5, 5.41) is 5.36. The first kappa shape index (κ1) is 12.6. The van der Waals surface area contributed by atoms with E-state index in [-0.39, 0.29) is 11.4 Å². The summed E-state index contributed by atoms with van der Waals surface area (Å²) >= 11 is 1.57. The Kier molecular flexibility index (Phi) is 3.54. The highest BCUT2D eigenvalue weighted by Gasteiger charge is 2.34. The van der Waals surface area contributed by atoms with Crippen molar-refractivity contribution in [3.8, 4) is 0 Å². The Morgan fingerprint density at radius 2 is 2.35 bits per heavy atom. The zero-order chi connectivity index (χ0) is 12.5. The highest BCUT2D eigenvalue weighted by Crippen LogP contribution is 2.24. The number of amides is 1. The quantitative estimate of drug-likeness (QED) is 0.874. The fraction of sp³-hybridized carbons (Fsp3) is 0.615. The van der Waals surface area contributed by atoms with Gasteiger partial charge in [0, 0.05) is 19.6 Å². The van der Waals surface area contributed by atoms with E-state index < -0.39 is 0 Å². The van der Waals surface area contributed by atoms with Gasteiger partial charge in [0.25, 0.3) is 5.91 Å². The molecule has 3 nitrogen and oxygen atoms in total. The minimum atomic E-state index is -0.0929. The molecule has 17 heavy (non-hydrogen) atoms. The van der Waals surface area contributed by atoms with Crippen LogP contribution in [0.25, 0.3) is 0 Å². The average molecular weight is 252 g/mol. The molecule has 1 aliphatic heterocycles. The molecule has 0 aromatic carbocycles. The van der Waals surface area contributed by atoms with E-state index in [1.807, 2.05) is 10.3 Å². The molecule has 1 aromatic rings. The van der Waals surface area contributed by atoms with E-state index in [1.54, 1.807) is 11.3 Å². The molecule has 1 amide bonds. The smallest absolute Gasteiger partial charge is 0.264 e. The number of thiophene rings is 1. The molecule has 1 aromatic heterocycles. The van der Waals surface area contributed by atoms with Crippen LogP contribution >= 0.6 is 11.3 Å². The average Bonchev–Trinajstić information content (AvgIpc) is 2.75. The SMILES string of the molecule is CCc1ccsc1C(=O)N1CCNCC1(C)C. The van der Waals surface area contributed by atoms with E-state index in [0.29, 0.717) is 0 Å². The molecule has 0 bridgehead atoms. The third-order valence-electron chi connectivity index (χ3n) is 3.37. The number of carbonyl (C=O) groups excluding carboxylic acids is 1. The second-order valence-corrected chi connectivity index (χ2v) is 5.99. The predicted octanol–water partition coefficient (Wildman–Crippen LogP) is 2.13. The molecule has 1 saturated heterocycles. The van der Waals surface area contributed by atoms with Crippen LogP contribution in [0.3, 0.4) is 0 Å². The van der Waals surface area contributed by atoms with E-state index in [2.05, 4.69) is 32.2 Å². The van der Waals surface area contributed by atoms with E-state index in [1.165, 1.54) is 5.56 Å². The number of carbonyl (C=O) groups is 1. The van der Waals surface area contributed by atoms with Crippen LogP contribution in [-0.2, 0) is 6.42 Å². The highest BCUT2D eigenvalue weighted by atomic mass is 32.1. The van der Waals surface area contributed by atoms with Crippen molar-refractivity contribution in [1.29, 1.82) is 0 Å². The molecular weight excluding hydrogens is 232 g/mol. The van der Waals surface area contributed by atoms with Gasteiger partial charge in [-0.15, -0.1) is 11.3 Å². The first-order valence-corrected chi connectivity index (χ1v) is 7.03. The van der Waals surface area contributed by atoms with Gasteiger partial charge in [0.05, 0.1) is 10.4 Å². The van der Waals surface area contributed by atoms with Crippen molar-refractivity contribution in [2.45, 2.75) is 32.7 Å². The topological polar surface area (TPSA) is 32.3 Å². The Morgan fingerprint density at radius 3 is 3.00 bits per heavy atom. The number of piperazine rings is 1. The van der Waals surface area contributed by atoms with E-state index in [9.17, 15) is 4.79 Å². The van der Waals surface area contributed by atoms with Crippen molar-refractivity contribution in [2.24, 2.45) is 0 Å². The van der Waals surface area contributed by atoms with Gasteiger partial charge in [-0.3, -0.25) is 4.79 Å². The Hall–Kier alpha value is -0.870. The van der Waals surface area contributed by atoms with Gasteiger partial charge in [0.1, 0.15) is 0 Å². The summed E-state index contributed by atoms with van der Waals surface area (Å²) in [4.78, 5) is 15.5. The molecule has 2 heterocycles. The highest BCUT2D eigenvalue weighted by molar-refractivity contribution is 7.12. The van der Waals surface area contributed by atoms with E-state index >= 15 is 0 Å². The Labute approximate surface area is 107 Å². The maximum absolute atomic E-state index is 12.6. The van der Waals surface area contributed by atoms with Gasteiger partial charge in [0.15, 0.2) is 0 Å². The molecule has 0 unspecified atom stereocenters. The zero-order valence-corrected chi connectivity index (χ0v) is 11.6. The van der Waals surface area contributed by atoms with Crippen LogP contribution in [0, 0.1) is 0 Å². The normalized spacial score (nSPS) is 19.4. The van der Waals surface area contributed by atoms with Gasteiger partial charge >= 0.3 is 0 Å². The van der Waals surface area contributed by atoms with Crippen LogP contribution < -0.4 is 5.32 Å². The lowest BCUT2D eigenvalue weighted by molar-refractivity contribution is 0.0481. The molecule has 4 heteroatoms. The molecular formula is C13H20N2OS. The van der Waals surface area contributed by atoms with Gasteiger partial charge in [-0.05, 0) is 37.3 Å². The van der Waals surface area contributed by atoms with Crippen molar-refractivity contribution < 1.29 is 4.79 Å². The number of nitrogens with one attached hydrogen (secondary N) is 1. The van der Waals surface area contributed by atoms with Gasteiger partial charge in [-0.25, -0.2) is 0 Å². The molecule has 0 aliphatic carbocycles. The maximum atomic E-state index is 12.6. The third kappa shape index (κ3) is 2.38. The second kappa shape index (κ2) is 4.78. The van der Waals surface area contributed by atoms with E-state index in [0.717, 1.165) is 30.9 Å². The summed E-state index contributed by atoms with van der Waals surface area (Å²) in [6.45, 7) is 8.90. The standard InChI is InChI=1S/C13H20N2OS/c1-4-10-5-8-17-11(10)12(16)15-7-6-14-9-13(15,2)3/h5,8,14H,4,6-7,9H2,1-3H3. The minimum Gasteiger partial charge on any atom is -0.330 e. The number of hydrogen-bond acceptors (Lipinski definition) is 3. The lowest BCUT2D eigenvalue weighted by atomic mass is 9.99. The molecule has 1 N–H and O–H groups in total. The molecule has 0 spiro atoms. The van der Waals surface area contributed by atoms with Crippen LogP contribution in [0.4, 0.5) is 0 Å². The third-order valence-corrected chi connectivity index (χ3v) is 4.31. The van der Waals surface area contributed by atoms with Crippen LogP contribution in [0.1, 0.15) is 36.0 Å². The fourth-order valence-corrected chi connectivity index (χ4v) is 3.23. The molecule has 0 atom stereocenters. The molecule has 0 saturated carbocycles. The Balaban J connectivity index is 2.25. The Morgan fingerprint density at radius 1 is 1.59 bits per heavy atom. The molecule has 2 rings (SSSR count). The number of rotatable bonds is 2. The van der Waals surface area contributed by atoms with E-state index in [4.69, 9.17) is 0 Å². The predicted molar refractivity (Wildman–Crippen MR) is 71.7 cm³/mol. The fourth-order valence-electron chi connectivity index (χ4n) is 2.28. The molecule has 94 valence electrons. The molecule has 0 radical (unpaired) electrons. The minimum absolute atomic E-state index is 0.0929. The monoisotopic (exact) mass is 252 g/mol. The largest absolute Gasteiger partial charge is 0.330 e. The van der Waals surface area contributed by atoms with Crippen LogP contribution in [0.2, 0.25) is 0 Å². The van der Waals surface area contributed by atoms with Crippen molar-refractivity contribution in [3.63, 3.8) is 0 Å². The first-order chi connectivity index (χ1) is 8.06. The summed E-state index contributed by atoms with van der Waals surface area (Å²) in [7, 11) is 0. The van der Waals surface area contributed by atoms with Gasteiger partial charge in [-0.1, -0.05) is 6.92 Å². The molecule has 1 fully saturated rings. The van der Waals surface area contributed by atoms with Crippen molar-refractivity contribution in [2.75, 3.05) is 19.6 Å². The first-order valence-electron chi connectivity index (χ1n) is 6.15. The zero-order valence-electron chi connectivity index (χ0n) is 10.7. The molecule has 1 aliphatic rings. The van der Waals surface area contributed by atoms with Gasteiger partial charge in [0.2, 0.25) is 0 Å². The number of hydrogen-bond donors (Lipinski definition) is 1. The van der Waals surface area contributed by atoms with Crippen molar-refractivity contribution >= 4 is 17.2 Å². The summed E-state index contributed by atoms with van der Waals surface area (Å²) in [5.41, 5.74) is 1.08. The summed E-state index contributed by atoms with van der Waals surface area (Å²) in [5.74, 6) is 0.198. The lowest BCUT2D eigenvalue weighted by Gasteiger charge is -2.42. The van der Waals surface area contributed by atoms with Crippen LogP contribution in [0.5, 0.6) is 0 Å². The Bertz CT molecular complexity index is 411. The van der Waals surface area contributed by atoms with Crippen LogP contribution in [0.15, 0.2) is 11.4 Å². The lowest BCUT2D eigenvalue weighted by Crippen LogP contribution is -2.59. The van der Waals surface area contributed by atoms with Crippen LogP contribution in [-0.4, -0.2) is 36.0 Å². The van der Waals surface area contributed by atoms with Gasteiger partial charge in [-0.2, -0.15) is 0 Å². The maximum Gasteiger partial charge on any atom is 0.264 e. The van der Waals surface area contributed by atoms with Crippen molar-refractivity contribution in [1.82, 2.24) is 10.2 Å². The number of nitrogens with zero attached hydrogens (tertiary/aromatic N) is 1. The summed E-state index contributed by atoms with van der Waals surface area (Å²) < 4.78 is 0. The summed E-state index contributed by atoms with van der Waals surface area (Å²) in [6.07, 6.45) is 0.928. The van der Waals surface area contributed by atoms with Crippen molar-refractivity contribution in [3.05, 3.63) is 21.9 Å². The summed E-state index contributed by atoms with van der Waals surface area (Å²) in [6, 6.07) is 2.06. The second-order valence-electron chi connectivity index (χ2n) is 5.07. The van der Waals surface area contributed by atoms with Gasteiger partial charge < -0.3 is 10.2 Å².